The zero-order valence-corrected chi connectivity index (χ0v) is 17.9. The Morgan fingerprint density at radius 2 is 1.97 bits per heavy atom. The third-order valence-corrected chi connectivity index (χ3v) is 6.68. The summed E-state index contributed by atoms with van der Waals surface area (Å²) < 4.78 is 14.5. The number of hydrogen-bond acceptors (Lipinski definition) is 6. The normalized spacial score (nSPS) is 18.1. The Labute approximate surface area is 181 Å². The van der Waals surface area contributed by atoms with Gasteiger partial charge in [0.25, 0.3) is 0 Å². The first kappa shape index (κ1) is 21.2. The Morgan fingerprint density at radius 1 is 1.28 bits per heavy atom. The van der Waals surface area contributed by atoms with Crippen LogP contribution in [0.2, 0.25) is 0 Å². The molecule has 1 aromatic rings. The molecule has 1 aliphatic heterocycles. The van der Waals surface area contributed by atoms with Crippen LogP contribution in [-0.2, 0) is 4.79 Å². The summed E-state index contributed by atoms with van der Waals surface area (Å²) in [4.78, 5) is 12.3. The van der Waals surface area contributed by atoms with Gasteiger partial charge in [-0.3, -0.25) is 4.79 Å². The van der Waals surface area contributed by atoms with E-state index in [9.17, 15) is 19.7 Å². The number of carbonyl (C=O) groups excluding carboxylic acids is 1. The number of carbonyl (C=O) groups is 1. The van der Waals surface area contributed by atoms with Crippen LogP contribution in [0, 0.1) is 33.9 Å². The zero-order valence-electron chi connectivity index (χ0n) is 15.5. The zero-order chi connectivity index (χ0) is 21.0. The van der Waals surface area contributed by atoms with E-state index in [1.807, 2.05) is 0 Å². The van der Waals surface area contributed by atoms with Crippen molar-refractivity contribution in [2.75, 3.05) is 11.1 Å². The molecule has 29 heavy (non-hydrogen) atoms. The third kappa shape index (κ3) is 4.26. The number of nitriles is 2. The molecule has 0 atom stereocenters. The highest BCUT2D eigenvalue weighted by atomic mass is 79.9. The molecule has 1 spiro atoms. The van der Waals surface area contributed by atoms with Crippen LogP contribution in [0.3, 0.4) is 0 Å². The van der Waals surface area contributed by atoms with Crippen LogP contribution in [0.4, 0.5) is 10.1 Å². The largest absolute Gasteiger partial charge is 0.384 e. The van der Waals surface area contributed by atoms with E-state index >= 15 is 0 Å². The van der Waals surface area contributed by atoms with Gasteiger partial charge in [0.1, 0.15) is 11.6 Å². The van der Waals surface area contributed by atoms with Crippen molar-refractivity contribution in [1.29, 1.82) is 10.5 Å². The van der Waals surface area contributed by atoms with Crippen LogP contribution in [0.5, 0.6) is 0 Å². The summed E-state index contributed by atoms with van der Waals surface area (Å²) in [5.74, 6) is -0.754. The molecule has 1 aliphatic carbocycles. The fourth-order valence-electron chi connectivity index (χ4n) is 3.85. The summed E-state index contributed by atoms with van der Waals surface area (Å²) in [6, 6.07) is 8.80. The van der Waals surface area contributed by atoms with Crippen molar-refractivity contribution in [3.8, 4) is 12.1 Å². The molecular formula is C20H19BrFN5OS. The number of anilines is 1. The summed E-state index contributed by atoms with van der Waals surface area (Å²) in [7, 11) is 0. The summed E-state index contributed by atoms with van der Waals surface area (Å²) in [5, 5.41) is 25.4. The molecule has 1 fully saturated rings. The number of amides is 1. The Hall–Kier alpha value is -2.49. The number of nitrogens with zero attached hydrogens (tertiary/aromatic N) is 2. The van der Waals surface area contributed by atoms with Crippen molar-refractivity contribution in [2.24, 2.45) is 11.1 Å². The van der Waals surface area contributed by atoms with Gasteiger partial charge in [-0.2, -0.15) is 10.5 Å². The highest BCUT2D eigenvalue weighted by Gasteiger charge is 2.45. The maximum atomic E-state index is 13.9. The minimum atomic E-state index is -0.687. The van der Waals surface area contributed by atoms with Gasteiger partial charge >= 0.3 is 0 Å². The standard InChI is InChI=1S/C20H19BrFN5OS/c21-12-4-5-16(15(22)8-12)26-17(28)11-29-19-14(10-24)20(6-2-1-3-7-20)13(9-23)18(25)27-19/h4-5,8,27H,1-3,6-7,11,25H2,(H,26,28). The lowest BCUT2D eigenvalue weighted by atomic mass is 9.64. The molecule has 0 saturated heterocycles. The maximum absolute atomic E-state index is 13.9. The van der Waals surface area contributed by atoms with Gasteiger partial charge < -0.3 is 16.4 Å². The lowest BCUT2D eigenvalue weighted by molar-refractivity contribution is -0.113. The second-order valence-electron chi connectivity index (χ2n) is 6.95. The molecule has 1 aromatic carbocycles. The Morgan fingerprint density at radius 3 is 2.59 bits per heavy atom. The van der Waals surface area contributed by atoms with Crippen LogP contribution >= 0.6 is 27.7 Å². The minimum absolute atomic E-state index is 0.0335. The minimum Gasteiger partial charge on any atom is -0.384 e. The molecular weight excluding hydrogens is 457 g/mol. The van der Waals surface area contributed by atoms with Gasteiger partial charge in [0.15, 0.2) is 0 Å². The fourth-order valence-corrected chi connectivity index (χ4v) is 5.10. The number of hydrogen-bond donors (Lipinski definition) is 3. The predicted octanol–water partition coefficient (Wildman–Crippen LogP) is 4.24. The van der Waals surface area contributed by atoms with Gasteiger partial charge in [-0.05, 0) is 31.0 Å². The first-order valence-corrected chi connectivity index (χ1v) is 10.9. The lowest BCUT2D eigenvalue weighted by Gasteiger charge is -2.40. The highest BCUT2D eigenvalue weighted by Crippen LogP contribution is 2.51. The summed E-state index contributed by atoms with van der Waals surface area (Å²) in [5.41, 5.74) is 6.35. The highest BCUT2D eigenvalue weighted by molar-refractivity contribution is 9.10. The Bertz CT molecular complexity index is 986. The molecule has 0 unspecified atom stereocenters. The molecule has 9 heteroatoms. The van der Waals surface area contributed by atoms with E-state index in [4.69, 9.17) is 5.73 Å². The van der Waals surface area contributed by atoms with Crippen LogP contribution in [0.1, 0.15) is 32.1 Å². The molecule has 3 rings (SSSR count). The average molecular weight is 476 g/mol. The second-order valence-corrected chi connectivity index (χ2v) is 8.85. The van der Waals surface area contributed by atoms with E-state index in [2.05, 4.69) is 38.7 Å². The van der Waals surface area contributed by atoms with E-state index in [-0.39, 0.29) is 17.3 Å². The summed E-state index contributed by atoms with van der Waals surface area (Å²) in [6.45, 7) is 0. The van der Waals surface area contributed by atoms with Gasteiger partial charge in [0, 0.05) is 9.89 Å². The van der Waals surface area contributed by atoms with Crippen molar-refractivity contribution in [3.05, 3.63) is 50.5 Å². The number of benzene rings is 1. The van der Waals surface area contributed by atoms with Crippen LogP contribution in [-0.4, -0.2) is 11.7 Å². The van der Waals surface area contributed by atoms with E-state index in [0.717, 1.165) is 31.0 Å². The van der Waals surface area contributed by atoms with Crippen molar-refractivity contribution in [3.63, 3.8) is 0 Å². The van der Waals surface area contributed by atoms with Crippen LogP contribution < -0.4 is 16.4 Å². The summed E-state index contributed by atoms with van der Waals surface area (Å²) >= 11 is 4.30. The van der Waals surface area contributed by atoms with E-state index in [0.29, 0.717) is 33.5 Å². The average Bonchev–Trinajstić information content (AvgIpc) is 2.69. The second kappa shape index (κ2) is 8.89. The van der Waals surface area contributed by atoms with E-state index < -0.39 is 17.1 Å². The van der Waals surface area contributed by atoms with Gasteiger partial charge in [-0.1, -0.05) is 47.0 Å². The van der Waals surface area contributed by atoms with Crippen molar-refractivity contribution in [2.45, 2.75) is 32.1 Å². The fraction of sp³-hybridized carbons (Fsp3) is 0.350. The molecule has 150 valence electrons. The van der Waals surface area contributed by atoms with Gasteiger partial charge in [-0.25, -0.2) is 4.39 Å². The first-order chi connectivity index (χ1) is 13.9. The monoisotopic (exact) mass is 475 g/mol. The van der Waals surface area contributed by atoms with Crippen LogP contribution in [0.25, 0.3) is 0 Å². The predicted molar refractivity (Wildman–Crippen MR) is 113 cm³/mol. The van der Waals surface area contributed by atoms with E-state index in [1.54, 1.807) is 6.07 Å². The van der Waals surface area contributed by atoms with Crippen molar-refractivity contribution >= 4 is 39.3 Å². The van der Waals surface area contributed by atoms with Crippen LogP contribution in [0.15, 0.2) is 44.7 Å². The maximum Gasteiger partial charge on any atom is 0.234 e. The molecule has 2 aliphatic rings. The molecule has 1 heterocycles. The number of rotatable bonds is 4. The van der Waals surface area contributed by atoms with Gasteiger partial charge in [0.2, 0.25) is 5.91 Å². The number of thioether (sulfide) groups is 1. The van der Waals surface area contributed by atoms with Crippen molar-refractivity contribution < 1.29 is 9.18 Å². The molecule has 0 radical (unpaired) electrons. The van der Waals surface area contributed by atoms with Crippen molar-refractivity contribution in [1.82, 2.24) is 5.32 Å². The molecule has 0 aromatic heterocycles. The Kier molecular flexibility index (Phi) is 6.51. The number of dihydropyridines is 1. The number of nitrogens with two attached hydrogens (primary N) is 1. The topological polar surface area (TPSA) is 115 Å². The number of nitrogens with one attached hydrogen (secondary N) is 2. The number of halogens is 2. The molecule has 1 saturated carbocycles. The molecule has 0 bridgehead atoms. The molecule has 4 N–H and O–H groups in total. The van der Waals surface area contributed by atoms with E-state index in [1.165, 1.54) is 12.1 Å². The molecule has 1 amide bonds. The van der Waals surface area contributed by atoms with Gasteiger partial charge in [0.05, 0.1) is 39.8 Å². The quantitative estimate of drug-likeness (QED) is 0.599. The smallest absolute Gasteiger partial charge is 0.234 e. The Balaban J connectivity index is 1.79. The van der Waals surface area contributed by atoms with Gasteiger partial charge in [-0.15, -0.1) is 0 Å². The number of allylic oxidation sites excluding steroid dienone is 2. The molecule has 6 nitrogen and oxygen atoms in total. The summed E-state index contributed by atoms with van der Waals surface area (Å²) in [6.07, 6.45) is 4.23. The first-order valence-electron chi connectivity index (χ1n) is 9.11. The lowest BCUT2D eigenvalue weighted by Crippen LogP contribution is -2.39. The third-order valence-electron chi connectivity index (χ3n) is 5.19. The SMILES string of the molecule is N#CC1=C(N)NC(SCC(=O)Nc2ccc(Br)cc2F)=C(C#N)C12CCCCC2.